The molecule has 1 aromatic carbocycles. The van der Waals surface area contributed by atoms with Crippen LogP contribution in [0, 0.1) is 0 Å². The van der Waals surface area contributed by atoms with Crippen molar-refractivity contribution < 1.29 is 0 Å². The van der Waals surface area contributed by atoms with Gasteiger partial charge in [0.05, 0.1) is 5.02 Å². The fourth-order valence-corrected chi connectivity index (χ4v) is 4.26. The molecule has 0 saturated carbocycles. The van der Waals surface area contributed by atoms with Crippen molar-refractivity contribution in [1.82, 2.24) is 9.80 Å². The Morgan fingerprint density at radius 3 is 2.59 bits per heavy atom. The van der Waals surface area contributed by atoms with Crippen molar-refractivity contribution in [2.45, 2.75) is 50.1 Å². The Labute approximate surface area is 145 Å². The van der Waals surface area contributed by atoms with Crippen molar-refractivity contribution in [2.75, 3.05) is 32.4 Å². The summed E-state index contributed by atoms with van der Waals surface area (Å²) in [7, 11) is 2.29. The molecule has 2 rings (SSSR count). The zero-order valence-electron chi connectivity index (χ0n) is 14.1. The maximum atomic E-state index is 6.19. The Bertz CT molecular complexity index is 444. The van der Waals surface area contributed by atoms with E-state index in [9.17, 15) is 0 Å². The molecule has 22 heavy (non-hydrogen) atoms. The first-order valence-electron chi connectivity index (χ1n) is 8.39. The lowest BCUT2D eigenvalue weighted by molar-refractivity contribution is 0.108. The summed E-state index contributed by atoms with van der Waals surface area (Å²) >= 11 is 8.06. The third-order valence-corrected chi connectivity index (χ3v) is 6.20. The molecule has 124 valence electrons. The van der Waals surface area contributed by atoms with Gasteiger partial charge in [-0.2, -0.15) is 0 Å². The lowest BCUT2D eigenvalue weighted by Crippen LogP contribution is -2.45. The van der Waals surface area contributed by atoms with Crippen LogP contribution in [0.15, 0.2) is 29.2 Å². The van der Waals surface area contributed by atoms with Crippen molar-refractivity contribution in [3.63, 3.8) is 0 Å². The van der Waals surface area contributed by atoms with E-state index < -0.39 is 0 Å². The lowest BCUT2D eigenvalue weighted by atomic mass is 10.0. The molecule has 1 fully saturated rings. The van der Waals surface area contributed by atoms with Gasteiger partial charge in [0.15, 0.2) is 0 Å². The summed E-state index contributed by atoms with van der Waals surface area (Å²) in [5.41, 5.74) is 0. The quantitative estimate of drug-likeness (QED) is 0.528. The van der Waals surface area contributed by atoms with Gasteiger partial charge in [0.25, 0.3) is 0 Å². The Hall–Kier alpha value is -0.220. The minimum absolute atomic E-state index is 0.693. The highest BCUT2D eigenvalue weighted by Gasteiger charge is 2.23. The second-order valence-corrected chi connectivity index (χ2v) is 8.02. The first kappa shape index (κ1) is 18.1. The summed E-state index contributed by atoms with van der Waals surface area (Å²) < 4.78 is 0. The fraction of sp³-hybridized carbons (Fsp3) is 0.667. The van der Waals surface area contributed by atoms with Crippen LogP contribution in [0.1, 0.15) is 33.1 Å². The maximum Gasteiger partial charge on any atom is 0.0541 e. The topological polar surface area (TPSA) is 6.48 Å². The predicted molar refractivity (Wildman–Crippen MR) is 99.2 cm³/mol. The van der Waals surface area contributed by atoms with Crippen LogP contribution < -0.4 is 0 Å². The molecule has 0 spiro atoms. The van der Waals surface area contributed by atoms with E-state index in [0.717, 1.165) is 16.8 Å². The number of likely N-dealkylation sites (tertiary alicyclic amines) is 1. The zero-order chi connectivity index (χ0) is 15.9. The standard InChI is InChI=1S/C18H29ClN2S/c1-15(2)21-12-9-16(10-13-21)20(3)11-6-14-22-18-8-5-4-7-17(18)19/h4-5,7-8,15-16H,6,9-14H2,1-3H3. The van der Waals surface area contributed by atoms with Crippen LogP contribution in [0.25, 0.3) is 0 Å². The Morgan fingerprint density at radius 2 is 1.95 bits per heavy atom. The average Bonchev–Trinajstić information content (AvgIpc) is 2.53. The van der Waals surface area contributed by atoms with Gasteiger partial charge in [-0.05, 0) is 77.7 Å². The molecule has 0 aliphatic carbocycles. The minimum atomic E-state index is 0.693. The third-order valence-electron chi connectivity index (χ3n) is 4.60. The van der Waals surface area contributed by atoms with E-state index >= 15 is 0 Å². The molecule has 4 heteroatoms. The van der Waals surface area contributed by atoms with E-state index in [4.69, 9.17) is 11.6 Å². The minimum Gasteiger partial charge on any atom is -0.303 e. The van der Waals surface area contributed by atoms with E-state index in [1.54, 1.807) is 0 Å². The highest BCUT2D eigenvalue weighted by Crippen LogP contribution is 2.27. The highest BCUT2D eigenvalue weighted by atomic mass is 35.5. The second kappa shape index (κ2) is 9.17. The number of hydrogen-bond donors (Lipinski definition) is 0. The second-order valence-electron chi connectivity index (χ2n) is 6.47. The summed E-state index contributed by atoms with van der Waals surface area (Å²) in [6, 6.07) is 9.59. The van der Waals surface area contributed by atoms with Crippen molar-refractivity contribution in [1.29, 1.82) is 0 Å². The largest absolute Gasteiger partial charge is 0.303 e. The number of thioether (sulfide) groups is 1. The van der Waals surface area contributed by atoms with Crippen LogP contribution in [-0.2, 0) is 0 Å². The molecule has 2 nitrogen and oxygen atoms in total. The smallest absolute Gasteiger partial charge is 0.0541 e. The van der Waals surface area contributed by atoms with E-state index in [1.165, 1.54) is 43.8 Å². The molecule has 1 saturated heterocycles. The van der Waals surface area contributed by atoms with Gasteiger partial charge in [0.1, 0.15) is 0 Å². The van der Waals surface area contributed by atoms with E-state index in [1.807, 2.05) is 23.9 Å². The Morgan fingerprint density at radius 1 is 1.27 bits per heavy atom. The van der Waals surface area contributed by atoms with Gasteiger partial charge in [-0.25, -0.2) is 0 Å². The van der Waals surface area contributed by atoms with Gasteiger partial charge < -0.3 is 9.80 Å². The molecule has 0 atom stereocenters. The molecule has 0 N–H and O–H groups in total. The van der Waals surface area contributed by atoms with Crippen LogP contribution in [0.5, 0.6) is 0 Å². The third kappa shape index (κ3) is 5.45. The van der Waals surface area contributed by atoms with Crippen molar-refractivity contribution in [2.24, 2.45) is 0 Å². The van der Waals surface area contributed by atoms with Crippen molar-refractivity contribution >= 4 is 23.4 Å². The summed E-state index contributed by atoms with van der Waals surface area (Å²) in [5, 5.41) is 0.877. The molecule has 1 aromatic rings. The van der Waals surface area contributed by atoms with Gasteiger partial charge in [-0.3, -0.25) is 0 Å². The molecular formula is C18H29ClN2S. The molecule has 0 aromatic heterocycles. The monoisotopic (exact) mass is 340 g/mol. The maximum absolute atomic E-state index is 6.19. The van der Waals surface area contributed by atoms with Crippen LogP contribution in [0.4, 0.5) is 0 Å². The van der Waals surface area contributed by atoms with Crippen LogP contribution in [0.3, 0.4) is 0 Å². The summed E-state index contributed by atoms with van der Waals surface area (Å²) in [4.78, 5) is 6.36. The number of benzene rings is 1. The molecule has 1 aliphatic rings. The number of halogens is 1. The van der Waals surface area contributed by atoms with E-state index in [0.29, 0.717) is 6.04 Å². The highest BCUT2D eigenvalue weighted by molar-refractivity contribution is 7.99. The number of nitrogens with zero attached hydrogens (tertiary/aromatic N) is 2. The fourth-order valence-electron chi connectivity index (χ4n) is 3.08. The Kier molecular flexibility index (Phi) is 7.55. The molecule has 1 heterocycles. The first-order chi connectivity index (χ1) is 10.6. The molecule has 0 unspecified atom stereocenters. The Balaban J connectivity index is 1.64. The van der Waals surface area contributed by atoms with E-state index in [2.05, 4.69) is 42.8 Å². The van der Waals surface area contributed by atoms with Crippen molar-refractivity contribution in [3.8, 4) is 0 Å². The molecular weight excluding hydrogens is 312 g/mol. The lowest BCUT2D eigenvalue weighted by Gasteiger charge is -2.38. The number of piperidine rings is 1. The number of rotatable bonds is 7. The SMILES string of the molecule is CC(C)N1CCC(N(C)CCCSc2ccccc2Cl)CC1. The zero-order valence-corrected chi connectivity index (χ0v) is 15.7. The normalized spacial score (nSPS) is 17.5. The summed E-state index contributed by atoms with van der Waals surface area (Å²) in [6.45, 7) is 8.29. The van der Waals surface area contributed by atoms with Gasteiger partial charge in [-0.1, -0.05) is 23.7 Å². The molecule has 0 radical (unpaired) electrons. The molecule has 0 amide bonds. The van der Waals surface area contributed by atoms with Crippen molar-refractivity contribution in [3.05, 3.63) is 29.3 Å². The van der Waals surface area contributed by atoms with Gasteiger partial charge in [0, 0.05) is 17.0 Å². The van der Waals surface area contributed by atoms with Crippen LogP contribution in [0.2, 0.25) is 5.02 Å². The number of hydrogen-bond acceptors (Lipinski definition) is 3. The summed E-state index contributed by atoms with van der Waals surface area (Å²) in [5.74, 6) is 1.14. The van der Waals surface area contributed by atoms with Crippen LogP contribution in [-0.4, -0.2) is 54.3 Å². The average molecular weight is 341 g/mol. The van der Waals surface area contributed by atoms with Gasteiger partial charge >= 0.3 is 0 Å². The van der Waals surface area contributed by atoms with E-state index in [-0.39, 0.29) is 0 Å². The van der Waals surface area contributed by atoms with Gasteiger partial charge in [-0.15, -0.1) is 11.8 Å². The van der Waals surface area contributed by atoms with Gasteiger partial charge in [0.2, 0.25) is 0 Å². The molecule has 1 aliphatic heterocycles. The predicted octanol–water partition coefficient (Wildman–Crippen LogP) is 4.63. The van der Waals surface area contributed by atoms with Crippen LogP contribution >= 0.6 is 23.4 Å². The molecule has 0 bridgehead atoms. The summed E-state index contributed by atoms with van der Waals surface area (Å²) in [6.07, 6.45) is 3.84. The first-order valence-corrected chi connectivity index (χ1v) is 9.76.